The smallest absolute Gasteiger partial charge is 0.242 e. The number of amides is 1. The minimum Gasteiger partial charge on any atom is -0.309 e. The van der Waals surface area contributed by atoms with Crippen LogP contribution in [0.15, 0.2) is 53.7 Å². The fourth-order valence-electron chi connectivity index (χ4n) is 6.96. The van der Waals surface area contributed by atoms with Crippen LogP contribution >= 0.6 is 0 Å². The second-order valence-electron chi connectivity index (χ2n) is 16.3. The Kier molecular flexibility index (Phi) is 35.0. The van der Waals surface area contributed by atoms with Crippen LogP contribution in [0.5, 0.6) is 0 Å². The summed E-state index contributed by atoms with van der Waals surface area (Å²) in [5, 5.41) is 4.73. The number of allylic oxidation sites excluding steroid dienone is 8. The van der Waals surface area contributed by atoms with Crippen LogP contribution in [-0.2, 0) is 4.79 Å². The Bertz CT molecular complexity index is 876. The first kappa shape index (κ1) is 49.1. The van der Waals surface area contributed by atoms with Crippen LogP contribution < -0.4 is 5.43 Å². The Morgan fingerprint density at radius 2 is 0.961 bits per heavy atom. The van der Waals surface area contributed by atoms with Crippen molar-refractivity contribution in [2.75, 3.05) is 20.6 Å². The molecular weight excluding hydrogens is 623 g/mol. The van der Waals surface area contributed by atoms with Crippen LogP contribution in [0.1, 0.15) is 208 Å². The van der Waals surface area contributed by atoms with E-state index < -0.39 is 0 Å². The van der Waals surface area contributed by atoms with Gasteiger partial charge in [-0.15, -0.1) is 0 Å². The molecule has 4 nitrogen and oxygen atoms in total. The summed E-state index contributed by atoms with van der Waals surface area (Å²) >= 11 is 0. The summed E-state index contributed by atoms with van der Waals surface area (Å²) in [7, 11) is 4.20. The largest absolute Gasteiger partial charge is 0.309 e. The lowest BCUT2D eigenvalue weighted by molar-refractivity contribution is -0.125. The molecule has 0 saturated heterocycles. The summed E-state index contributed by atoms with van der Waals surface area (Å²) in [5.74, 6) is 0.0158. The summed E-state index contributed by atoms with van der Waals surface area (Å²) in [6.45, 7) is 12.1. The number of hydrazone groups is 1. The lowest BCUT2D eigenvalue weighted by Crippen LogP contribution is -2.34. The Hall–Kier alpha value is -1.94. The SMILES string of the molecule is CCCCC/C=C\C/C=C\CCCCCCCCC(CCCCCCCC/C=C\C/C=C\CCCCC)=NNC(=O)C(C)CC(C)(C)CN(C)C. The Labute approximate surface area is 319 Å². The highest BCUT2D eigenvalue weighted by Crippen LogP contribution is 2.26. The molecule has 296 valence electrons. The molecule has 1 unspecified atom stereocenters. The van der Waals surface area contributed by atoms with Crippen molar-refractivity contribution in [3.05, 3.63) is 48.6 Å². The molecule has 0 saturated carbocycles. The van der Waals surface area contributed by atoms with Crippen molar-refractivity contribution in [1.29, 1.82) is 0 Å². The maximum Gasteiger partial charge on any atom is 0.242 e. The average Bonchev–Trinajstić information content (AvgIpc) is 3.08. The first-order chi connectivity index (χ1) is 24.7. The highest BCUT2D eigenvalue weighted by atomic mass is 16.2. The molecule has 0 spiro atoms. The molecule has 1 atom stereocenters. The van der Waals surface area contributed by atoms with E-state index in [0.717, 1.165) is 38.6 Å². The predicted molar refractivity (Wildman–Crippen MR) is 230 cm³/mol. The number of carbonyl (C=O) groups excluding carboxylic acids is 1. The van der Waals surface area contributed by atoms with E-state index in [1.54, 1.807) is 0 Å². The summed E-state index contributed by atoms with van der Waals surface area (Å²) in [6, 6.07) is 0. The first-order valence-electron chi connectivity index (χ1n) is 21.8. The zero-order valence-corrected chi connectivity index (χ0v) is 35.3. The van der Waals surface area contributed by atoms with Gasteiger partial charge in [0.2, 0.25) is 5.91 Å². The predicted octanol–water partition coefficient (Wildman–Crippen LogP) is 14.5. The molecule has 1 amide bonds. The summed E-state index contributed by atoms with van der Waals surface area (Å²) in [4.78, 5) is 15.2. The van der Waals surface area contributed by atoms with E-state index in [-0.39, 0.29) is 17.2 Å². The van der Waals surface area contributed by atoms with E-state index in [1.165, 1.54) is 147 Å². The van der Waals surface area contributed by atoms with Crippen LogP contribution in [0.3, 0.4) is 0 Å². The Balaban J connectivity index is 4.44. The maximum atomic E-state index is 13.0. The summed E-state index contributed by atoms with van der Waals surface area (Å²) in [5.41, 5.74) is 4.27. The quantitative estimate of drug-likeness (QED) is 0.0305. The molecule has 4 heteroatoms. The van der Waals surface area contributed by atoms with Crippen LogP contribution in [0.25, 0.3) is 0 Å². The molecule has 0 aromatic heterocycles. The molecular formula is C47H87N3O. The molecule has 0 aliphatic rings. The van der Waals surface area contributed by atoms with Gasteiger partial charge in [0, 0.05) is 18.2 Å². The van der Waals surface area contributed by atoms with Gasteiger partial charge in [-0.25, -0.2) is 5.43 Å². The average molecular weight is 710 g/mol. The summed E-state index contributed by atoms with van der Waals surface area (Å²) < 4.78 is 0. The monoisotopic (exact) mass is 710 g/mol. The molecule has 0 aliphatic carbocycles. The lowest BCUT2D eigenvalue weighted by atomic mass is 9.82. The van der Waals surface area contributed by atoms with Crippen LogP contribution in [0, 0.1) is 11.3 Å². The van der Waals surface area contributed by atoms with Crippen molar-refractivity contribution < 1.29 is 4.79 Å². The van der Waals surface area contributed by atoms with Gasteiger partial charge in [-0.3, -0.25) is 4.79 Å². The topological polar surface area (TPSA) is 44.7 Å². The zero-order valence-electron chi connectivity index (χ0n) is 35.3. The van der Waals surface area contributed by atoms with E-state index in [2.05, 4.69) is 101 Å². The molecule has 0 rings (SSSR count). The molecule has 0 fully saturated rings. The van der Waals surface area contributed by atoms with Crippen molar-refractivity contribution in [2.24, 2.45) is 16.4 Å². The minimum absolute atomic E-state index is 0.0475. The standard InChI is InChI=1S/C47H87N3O/c1-8-10-12-14-16-18-20-22-24-26-28-30-32-34-36-38-40-45(48-49-46(51)44(3)42-47(4,5)43-50(6)7)41-39-37-35-33-31-29-27-25-23-21-19-17-15-13-11-9-2/h16-19,22-25,44H,8-15,20-21,26-43H2,1-7H3,(H,49,51)/b18-16-,19-17-,24-22-,25-23-. The molecule has 51 heavy (non-hydrogen) atoms. The molecule has 0 heterocycles. The third kappa shape index (κ3) is 36.2. The lowest BCUT2D eigenvalue weighted by Gasteiger charge is -2.30. The van der Waals surface area contributed by atoms with Crippen molar-refractivity contribution in [3.63, 3.8) is 0 Å². The Morgan fingerprint density at radius 1 is 0.588 bits per heavy atom. The third-order valence-electron chi connectivity index (χ3n) is 9.71. The third-order valence-corrected chi connectivity index (χ3v) is 9.71. The number of nitrogens with zero attached hydrogens (tertiary/aromatic N) is 2. The fraction of sp³-hybridized carbons (Fsp3) is 0.787. The summed E-state index contributed by atoms with van der Waals surface area (Å²) in [6.07, 6.45) is 51.9. The zero-order chi connectivity index (χ0) is 37.7. The van der Waals surface area contributed by atoms with Crippen molar-refractivity contribution >= 4 is 11.6 Å². The van der Waals surface area contributed by atoms with Gasteiger partial charge in [-0.2, -0.15) is 5.10 Å². The van der Waals surface area contributed by atoms with E-state index in [4.69, 9.17) is 5.10 Å². The van der Waals surface area contributed by atoms with Gasteiger partial charge in [0.05, 0.1) is 0 Å². The van der Waals surface area contributed by atoms with E-state index in [0.29, 0.717) is 0 Å². The fourth-order valence-corrected chi connectivity index (χ4v) is 6.96. The van der Waals surface area contributed by atoms with Gasteiger partial charge in [-0.1, -0.05) is 160 Å². The van der Waals surface area contributed by atoms with E-state index in [9.17, 15) is 4.79 Å². The van der Waals surface area contributed by atoms with Gasteiger partial charge in [-0.05, 0) is 116 Å². The van der Waals surface area contributed by atoms with Crippen molar-refractivity contribution in [1.82, 2.24) is 10.3 Å². The molecule has 0 aromatic rings. The van der Waals surface area contributed by atoms with Crippen molar-refractivity contribution in [3.8, 4) is 0 Å². The normalized spacial score (nSPS) is 13.1. The minimum atomic E-state index is -0.0475. The van der Waals surface area contributed by atoms with Gasteiger partial charge in [0.25, 0.3) is 0 Å². The number of unbranched alkanes of at least 4 members (excludes halogenated alkanes) is 18. The highest BCUT2D eigenvalue weighted by Gasteiger charge is 2.25. The number of carbonyl (C=O) groups is 1. The molecule has 0 aliphatic heterocycles. The van der Waals surface area contributed by atoms with E-state index in [1.807, 2.05) is 6.92 Å². The van der Waals surface area contributed by atoms with Crippen molar-refractivity contribution in [2.45, 2.75) is 208 Å². The van der Waals surface area contributed by atoms with E-state index >= 15 is 0 Å². The van der Waals surface area contributed by atoms with Gasteiger partial charge >= 0.3 is 0 Å². The highest BCUT2D eigenvalue weighted by molar-refractivity contribution is 5.86. The van der Waals surface area contributed by atoms with Gasteiger partial charge in [0.1, 0.15) is 0 Å². The number of hydrogen-bond donors (Lipinski definition) is 1. The first-order valence-corrected chi connectivity index (χ1v) is 21.8. The number of hydrogen-bond acceptors (Lipinski definition) is 3. The molecule has 0 radical (unpaired) electrons. The number of nitrogens with one attached hydrogen (secondary N) is 1. The van der Waals surface area contributed by atoms with Crippen LogP contribution in [0.2, 0.25) is 0 Å². The van der Waals surface area contributed by atoms with Gasteiger partial charge in [0.15, 0.2) is 0 Å². The van der Waals surface area contributed by atoms with Gasteiger partial charge < -0.3 is 4.90 Å². The number of rotatable bonds is 36. The second kappa shape index (κ2) is 36.4. The maximum absolute atomic E-state index is 13.0. The van der Waals surface area contributed by atoms with Crippen LogP contribution in [0.4, 0.5) is 0 Å². The Morgan fingerprint density at radius 3 is 1.35 bits per heavy atom. The molecule has 0 bridgehead atoms. The molecule has 1 N–H and O–H groups in total. The van der Waals surface area contributed by atoms with Crippen LogP contribution in [-0.4, -0.2) is 37.2 Å². The molecule has 0 aromatic carbocycles. The second-order valence-corrected chi connectivity index (χ2v) is 16.3.